The smallest absolute Gasteiger partial charge is 0.0587 e. The average Bonchev–Trinajstić information content (AvgIpc) is 2.29. The molecule has 96 valence electrons. The SMILES string of the molecule is CCCNC(CCc1cnccn1)C(C)(C)C. The van der Waals surface area contributed by atoms with E-state index in [2.05, 4.69) is 43.0 Å². The van der Waals surface area contributed by atoms with Gasteiger partial charge in [0.2, 0.25) is 0 Å². The highest BCUT2D eigenvalue weighted by molar-refractivity contribution is 4.96. The quantitative estimate of drug-likeness (QED) is 0.824. The second-order valence-electron chi connectivity index (χ2n) is 5.61. The summed E-state index contributed by atoms with van der Waals surface area (Å²) >= 11 is 0. The van der Waals surface area contributed by atoms with E-state index in [0.29, 0.717) is 6.04 Å². The monoisotopic (exact) mass is 235 g/mol. The van der Waals surface area contributed by atoms with Crippen LogP contribution in [0, 0.1) is 5.41 Å². The van der Waals surface area contributed by atoms with Crippen LogP contribution in [0.2, 0.25) is 0 Å². The van der Waals surface area contributed by atoms with E-state index in [1.165, 1.54) is 6.42 Å². The summed E-state index contributed by atoms with van der Waals surface area (Å²) in [6.45, 7) is 10.2. The maximum absolute atomic E-state index is 4.32. The van der Waals surface area contributed by atoms with E-state index < -0.39 is 0 Å². The molecular formula is C14H25N3. The van der Waals surface area contributed by atoms with Crippen molar-refractivity contribution in [3.05, 3.63) is 24.3 Å². The maximum Gasteiger partial charge on any atom is 0.0587 e. The molecule has 1 atom stereocenters. The van der Waals surface area contributed by atoms with E-state index in [1.54, 1.807) is 12.4 Å². The second kappa shape index (κ2) is 6.70. The lowest BCUT2D eigenvalue weighted by Gasteiger charge is -2.31. The van der Waals surface area contributed by atoms with Gasteiger partial charge >= 0.3 is 0 Å². The summed E-state index contributed by atoms with van der Waals surface area (Å²) in [4.78, 5) is 8.43. The molecule has 1 unspecified atom stereocenters. The number of aromatic nitrogens is 2. The molecule has 17 heavy (non-hydrogen) atoms. The number of nitrogens with one attached hydrogen (secondary N) is 1. The fraction of sp³-hybridized carbons (Fsp3) is 0.714. The van der Waals surface area contributed by atoms with Crippen LogP contribution >= 0.6 is 0 Å². The van der Waals surface area contributed by atoms with Crippen LogP contribution in [0.5, 0.6) is 0 Å². The molecule has 0 radical (unpaired) electrons. The van der Waals surface area contributed by atoms with E-state index in [4.69, 9.17) is 0 Å². The Labute approximate surface area is 105 Å². The number of hydrogen-bond acceptors (Lipinski definition) is 3. The normalized spacial score (nSPS) is 13.6. The van der Waals surface area contributed by atoms with Gasteiger partial charge in [-0.15, -0.1) is 0 Å². The third-order valence-corrected chi connectivity index (χ3v) is 2.99. The van der Waals surface area contributed by atoms with Crippen molar-refractivity contribution >= 4 is 0 Å². The van der Waals surface area contributed by atoms with Gasteiger partial charge in [0.1, 0.15) is 0 Å². The fourth-order valence-corrected chi connectivity index (χ4v) is 1.91. The molecule has 0 bridgehead atoms. The molecule has 0 amide bonds. The Morgan fingerprint density at radius 3 is 2.59 bits per heavy atom. The minimum Gasteiger partial charge on any atom is -0.313 e. The lowest BCUT2D eigenvalue weighted by atomic mass is 9.83. The van der Waals surface area contributed by atoms with Gasteiger partial charge < -0.3 is 5.32 Å². The van der Waals surface area contributed by atoms with Gasteiger partial charge in [-0.05, 0) is 31.2 Å². The first-order valence-corrected chi connectivity index (χ1v) is 6.52. The van der Waals surface area contributed by atoms with Crippen molar-refractivity contribution in [2.24, 2.45) is 5.41 Å². The van der Waals surface area contributed by atoms with Crippen LogP contribution in [0.4, 0.5) is 0 Å². The maximum atomic E-state index is 4.32. The Hall–Kier alpha value is -0.960. The first-order chi connectivity index (χ1) is 8.04. The Bertz CT molecular complexity index is 303. The van der Waals surface area contributed by atoms with Crippen LogP contribution in [-0.2, 0) is 6.42 Å². The summed E-state index contributed by atoms with van der Waals surface area (Å²) in [6, 6.07) is 0.532. The molecule has 0 aromatic carbocycles. The predicted molar refractivity (Wildman–Crippen MR) is 71.9 cm³/mol. The Kier molecular flexibility index (Phi) is 5.56. The van der Waals surface area contributed by atoms with Gasteiger partial charge in [-0.2, -0.15) is 0 Å². The first kappa shape index (κ1) is 14.1. The molecular weight excluding hydrogens is 210 g/mol. The fourth-order valence-electron chi connectivity index (χ4n) is 1.91. The summed E-state index contributed by atoms with van der Waals surface area (Å²) < 4.78 is 0. The zero-order chi connectivity index (χ0) is 12.7. The highest BCUT2D eigenvalue weighted by Crippen LogP contribution is 2.22. The van der Waals surface area contributed by atoms with Crippen molar-refractivity contribution in [3.63, 3.8) is 0 Å². The van der Waals surface area contributed by atoms with Crippen molar-refractivity contribution < 1.29 is 0 Å². The molecule has 3 nitrogen and oxygen atoms in total. The zero-order valence-corrected chi connectivity index (χ0v) is 11.5. The number of aryl methyl sites for hydroxylation is 1. The molecule has 1 N–H and O–H groups in total. The standard InChI is InChI=1S/C14H25N3/c1-5-8-17-13(14(2,3)4)7-6-12-11-15-9-10-16-12/h9-11,13,17H,5-8H2,1-4H3. The largest absolute Gasteiger partial charge is 0.313 e. The van der Waals surface area contributed by atoms with Crippen LogP contribution in [0.25, 0.3) is 0 Å². The number of hydrogen-bond donors (Lipinski definition) is 1. The van der Waals surface area contributed by atoms with Crippen LogP contribution in [0.1, 0.15) is 46.2 Å². The molecule has 1 heterocycles. The summed E-state index contributed by atoms with van der Waals surface area (Å²) in [6.07, 6.45) is 8.63. The lowest BCUT2D eigenvalue weighted by molar-refractivity contribution is 0.255. The molecule has 0 spiro atoms. The molecule has 1 rings (SSSR count). The van der Waals surface area contributed by atoms with E-state index >= 15 is 0 Å². The van der Waals surface area contributed by atoms with Gasteiger partial charge in [0.25, 0.3) is 0 Å². The molecule has 0 aliphatic heterocycles. The summed E-state index contributed by atoms with van der Waals surface area (Å²) in [5.74, 6) is 0. The van der Waals surface area contributed by atoms with Gasteiger partial charge in [-0.25, -0.2) is 0 Å². The van der Waals surface area contributed by atoms with Crippen molar-refractivity contribution in [3.8, 4) is 0 Å². The van der Waals surface area contributed by atoms with Gasteiger partial charge in [-0.3, -0.25) is 9.97 Å². The van der Waals surface area contributed by atoms with Crippen LogP contribution in [0.15, 0.2) is 18.6 Å². The zero-order valence-electron chi connectivity index (χ0n) is 11.5. The third kappa shape index (κ3) is 5.26. The molecule has 0 saturated carbocycles. The number of rotatable bonds is 6. The van der Waals surface area contributed by atoms with Crippen LogP contribution < -0.4 is 5.32 Å². The Morgan fingerprint density at radius 2 is 2.06 bits per heavy atom. The summed E-state index contributed by atoms with van der Waals surface area (Å²) in [5.41, 5.74) is 1.37. The molecule has 1 aromatic heterocycles. The van der Waals surface area contributed by atoms with E-state index in [0.717, 1.165) is 25.1 Å². The average molecular weight is 235 g/mol. The highest BCUT2D eigenvalue weighted by atomic mass is 14.9. The van der Waals surface area contributed by atoms with Gasteiger partial charge in [0.05, 0.1) is 5.69 Å². The summed E-state index contributed by atoms with van der Waals surface area (Å²) in [7, 11) is 0. The Balaban J connectivity index is 2.49. The van der Waals surface area contributed by atoms with E-state index in [9.17, 15) is 0 Å². The van der Waals surface area contributed by atoms with Gasteiger partial charge in [-0.1, -0.05) is 27.7 Å². The van der Waals surface area contributed by atoms with Gasteiger partial charge in [0.15, 0.2) is 0 Å². The van der Waals surface area contributed by atoms with E-state index in [-0.39, 0.29) is 5.41 Å². The molecule has 3 heteroatoms. The Morgan fingerprint density at radius 1 is 1.29 bits per heavy atom. The van der Waals surface area contributed by atoms with Crippen molar-refractivity contribution in [2.45, 2.75) is 53.0 Å². The molecule has 0 saturated heterocycles. The third-order valence-electron chi connectivity index (χ3n) is 2.99. The first-order valence-electron chi connectivity index (χ1n) is 6.52. The van der Waals surface area contributed by atoms with Crippen molar-refractivity contribution in [2.75, 3.05) is 6.54 Å². The van der Waals surface area contributed by atoms with Crippen LogP contribution in [-0.4, -0.2) is 22.6 Å². The van der Waals surface area contributed by atoms with Crippen LogP contribution in [0.3, 0.4) is 0 Å². The van der Waals surface area contributed by atoms with Gasteiger partial charge in [0, 0.05) is 24.6 Å². The molecule has 0 aliphatic rings. The molecule has 0 aliphatic carbocycles. The van der Waals surface area contributed by atoms with E-state index in [1.807, 2.05) is 6.20 Å². The minimum absolute atomic E-state index is 0.289. The highest BCUT2D eigenvalue weighted by Gasteiger charge is 2.23. The van der Waals surface area contributed by atoms with Crippen molar-refractivity contribution in [1.29, 1.82) is 0 Å². The topological polar surface area (TPSA) is 37.8 Å². The molecule has 0 fully saturated rings. The predicted octanol–water partition coefficient (Wildman–Crippen LogP) is 2.82. The molecule has 1 aromatic rings. The minimum atomic E-state index is 0.289. The number of nitrogens with zero attached hydrogens (tertiary/aromatic N) is 2. The second-order valence-corrected chi connectivity index (χ2v) is 5.61. The van der Waals surface area contributed by atoms with Crippen molar-refractivity contribution in [1.82, 2.24) is 15.3 Å². The summed E-state index contributed by atoms with van der Waals surface area (Å²) in [5, 5.41) is 3.63. The lowest BCUT2D eigenvalue weighted by Crippen LogP contribution is -2.41.